The largest absolute Gasteiger partial charge is 0.114 e. The molecule has 0 aromatic heterocycles. The third-order valence-corrected chi connectivity index (χ3v) is 1.99. The Morgan fingerprint density at radius 1 is 1.36 bits per heavy atom. The lowest BCUT2D eigenvalue weighted by atomic mass is 9.84. The summed E-state index contributed by atoms with van der Waals surface area (Å²) in [5.41, 5.74) is 4.25. The van der Waals surface area contributed by atoms with Crippen molar-refractivity contribution in [3.8, 4) is 0 Å². The summed E-state index contributed by atoms with van der Waals surface area (Å²) in [6.45, 7) is 7.73. The van der Waals surface area contributed by atoms with Gasteiger partial charge in [0.1, 0.15) is 7.85 Å². The molecule has 0 unspecified atom stereocenters. The molecule has 0 amide bonds. The molecule has 0 atom stereocenters. The first-order chi connectivity index (χ1) is 5.16. The smallest absolute Gasteiger partial charge is 0.0985 e. The van der Waals surface area contributed by atoms with Crippen LogP contribution in [0.25, 0.3) is 6.08 Å². The number of hydrogen-bond donors (Lipinski definition) is 0. The fourth-order valence-corrected chi connectivity index (χ4v) is 1.10. The van der Waals surface area contributed by atoms with E-state index in [1.807, 2.05) is 32.1 Å². The van der Waals surface area contributed by atoms with Crippen LogP contribution in [0.2, 0.25) is 0 Å². The number of aryl methyl sites for hydroxylation is 1. The molecule has 0 N–H and O–H groups in total. The van der Waals surface area contributed by atoms with Gasteiger partial charge in [-0.25, -0.2) is 0 Å². The van der Waals surface area contributed by atoms with E-state index in [-0.39, 0.29) is 0 Å². The highest BCUT2D eigenvalue weighted by Gasteiger charge is 1.98. The molecular weight excluding hydrogens is 131 g/mol. The third kappa shape index (κ3) is 1.37. The highest BCUT2D eigenvalue weighted by molar-refractivity contribution is 6.34. The van der Waals surface area contributed by atoms with E-state index in [2.05, 4.69) is 6.58 Å². The normalized spacial score (nSPS) is 9.64. The van der Waals surface area contributed by atoms with Gasteiger partial charge in [-0.2, -0.15) is 0 Å². The summed E-state index contributed by atoms with van der Waals surface area (Å²) in [4.78, 5) is 0. The van der Waals surface area contributed by atoms with Crippen LogP contribution in [0.1, 0.15) is 16.7 Å². The topological polar surface area (TPSA) is 0 Å². The van der Waals surface area contributed by atoms with Crippen molar-refractivity contribution in [2.75, 3.05) is 0 Å². The molecule has 2 radical (unpaired) electrons. The summed E-state index contributed by atoms with van der Waals surface area (Å²) < 4.78 is 0. The molecule has 0 spiro atoms. The van der Waals surface area contributed by atoms with Crippen LogP contribution >= 0.6 is 0 Å². The second-order valence-corrected chi connectivity index (χ2v) is 2.71. The fourth-order valence-electron chi connectivity index (χ4n) is 1.10. The lowest BCUT2D eigenvalue weighted by molar-refractivity contribution is 1.41. The molecule has 0 saturated heterocycles. The van der Waals surface area contributed by atoms with E-state index in [1.165, 1.54) is 0 Å². The van der Waals surface area contributed by atoms with E-state index in [4.69, 9.17) is 7.85 Å². The number of hydrogen-bond acceptors (Lipinski definition) is 0. The van der Waals surface area contributed by atoms with Crippen molar-refractivity contribution in [3.05, 3.63) is 35.4 Å². The summed E-state index contributed by atoms with van der Waals surface area (Å²) in [6.07, 6.45) is 1.82. The monoisotopic (exact) mass is 142 g/mol. The zero-order chi connectivity index (χ0) is 8.43. The van der Waals surface area contributed by atoms with Gasteiger partial charge in [-0.1, -0.05) is 41.4 Å². The zero-order valence-electron chi connectivity index (χ0n) is 7.02. The molecule has 1 aromatic rings. The first kappa shape index (κ1) is 8.12. The van der Waals surface area contributed by atoms with Crippen molar-refractivity contribution in [1.29, 1.82) is 0 Å². The summed E-state index contributed by atoms with van der Waals surface area (Å²) in [5.74, 6) is 0. The number of rotatable bonds is 1. The van der Waals surface area contributed by atoms with Crippen molar-refractivity contribution < 1.29 is 0 Å². The Morgan fingerprint density at radius 2 is 2.00 bits per heavy atom. The highest BCUT2D eigenvalue weighted by atomic mass is 14.0. The molecular formula is C10H11B. The molecule has 11 heavy (non-hydrogen) atoms. The molecule has 0 heterocycles. The first-order valence-corrected chi connectivity index (χ1v) is 3.65. The van der Waals surface area contributed by atoms with Gasteiger partial charge in [0.15, 0.2) is 0 Å². The van der Waals surface area contributed by atoms with Crippen LogP contribution in [-0.4, -0.2) is 7.85 Å². The second kappa shape index (κ2) is 2.95. The first-order valence-electron chi connectivity index (χ1n) is 3.65. The standard InChI is InChI=1S/C10H11B/c1-4-9-6-5-7(2)10(11)8(9)3/h4-6H,1H2,2-3H3. The van der Waals surface area contributed by atoms with Crippen LogP contribution in [0.3, 0.4) is 0 Å². The quantitative estimate of drug-likeness (QED) is 0.524. The van der Waals surface area contributed by atoms with Crippen molar-refractivity contribution in [1.82, 2.24) is 0 Å². The van der Waals surface area contributed by atoms with E-state index in [9.17, 15) is 0 Å². The van der Waals surface area contributed by atoms with Gasteiger partial charge in [0.2, 0.25) is 0 Å². The van der Waals surface area contributed by atoms with Gasteiger partial charge in [-0.05, 0) is 19.4 Å². The Labute approximate surface area is 69.4 Å². The van der Waals surface area contributed by atoms with E-state index < -0.39 is 0 Å². The third-order valence-electron chi connectivity index (χ3n) is 1.99. The van der Waals surface area contributed by atoms with E-state index in [1.54, 1.807) is 0 Å². The minimum atomic E-state index is 0.877. The van der Waals surface area contributed by atoms with Gasteiger partial charge in [0.05, 0.1) is 0 Å². The van der Waals surface area contributed by atoms with Crippen LogP contribution in [0, 0.1) is 13.8 Å². The summed E-state index contributed by atoms with van der Waals surface area (Å²) in [5, 5.41) is 0. The van der Waals surface area contributed by atoms with E-state index in [0.29, 0.717) is 0 Å². The van der Waals surface area contributed by atoms with Crippen LogP contribution < -0.4 is 5.46 Å². The molecule has 0 aliphatic heterocycles. The van der Waals surface area contributed by atoms with Gasteiger partial charge in [0, 0.05) is 0 Å². The molecule has 0 saturated carbocycles. The lowest BCUT2D eigenvalue weighted by Crippen LogP contribution is -2.12. The highest BCUT2D eigenvalue weighted by Crippen LogP contribution is 2.07. The van der Waals surface area contributed by atoms with Crippen molar-refractivity contribution >= 4 is 19.4 Å². The van der Waals surface area contributed by atoms with Crippen molar-refractivity contribution in [3.63, 3.8) is 0 Å². The minimum Gasteiger partial charge on any atom is -0.0985 e. The second-order valence-electron chi connectivity index (χ2n) is 2.71. The molecule has 1 aromatic carbocycles. The minimum absolute atomic E-state index is 0.877. The fraction of sp³-hybridized carbons (Fsp3) is 0.200. The summed E-state index contributed by atoms with van der Waals surface area (Å²) in [7, 11) is 5.81. The molecule has 0 aliphatic carbocycles. The van der Waals surface area contributed by atoms with Crippen LogP contribution in [0.15, 0.2) is 18.7 Å². The van der Waals surface area contributed by atoms with E-state index >= 15 is 0 Å². The van der Waals surface area contributed by atoms with Crippen LogP contribution in [-0.2, 0) is 0 Å². The molecule has 54 valence electrons. The predicted octanol–water partition coefficient (Wildman–Crippen LogP) is 1.74. The number of benzene rings is 1. The molecule has 1 rings (SSSR count). The lowest BCUT2D eigenvalue weighted by Gasteiger charge is -2.07. The summed E-state index contributed by atoms with van der Waals surface area (Å²) in [6, 6.07) is 4.05. The predicted molar refractivity (Wildman–Crippen MR) is 51.4 cm³/mol. The maximum atomic E-state index is 5.81. The molecule has 1 heteroatoms. The van der Waals surface area contributed by atoms with Gasteiger partial charge in [-0.15, -0.1) is 0 Å². The van der Waals surface area contributed by atoms with Gasteiger partial charge in [-0.3, -0.25) is 0 Å². The van der Waals surface area contributed by atoms with Crippen LogP contribution in [0.5, 0.6) is 0 Å². The molecule has 0 aliphatic rings. The zero-order valence-corrected chi connectivity index (χ0v) is 7.02. The van der Waals surface area contributed by atoms with Gasteiger partial charge >= 0.3 is 0 Å². The van der Waals surface area contributed by atoms with Gasteiger partial charge < -0.3 is 0 Å². The Morgan fingerprint density at radius 3 is 2.55 bits per heavy atom. The Bertz CT molecular complexity index is 287. The van der Waals surface area contributed by atoms with E-state index in [0.717, 1.165) is 22.2 Å². The Kier molecular flexibility index (Phi) is 2.18. The molecule has 0 fully saturated rings. The average Bonchev–Trinajstić information content (AvgIpc) is 2.01. The van der Waals surface area contributed by atoms with Gasteiger partial charge in [0.25, 0.3) is 0 Å². The maximum absolute atomic E-state index is 5.81. The Balaban J connectivity index is 3.36. The van der Waals surface area contributed by atoms with Crippen LogP contribution in [0.4, 0.5) is 0 Å². The SMILES string of the molecule is [B]c1c(C)ccc(C=C)c1C. The molecule has 0 bridgehead atoms. The average molecular weight is 142 g/mol. The van der Waals surface area contributed by atoms with Crippen molar-refractivity contribution in [2.45, 2.75) is 13.8 Å². The maximum Gasteiger partial charge on any atom is 0.114 e. The molecule has 0 nitrogen and oxygen atoms in total. The summed E-state index contributed by atoms with van der Waals surface area (Å²) >= 11 is 0. The van der Waals surface area contributed by atoms with Crippen molar-refractivity contribution in [2.24, 2.45) is 0 Å². The Hall–Kier alpha value is -0.975.